The van der Waals surface area contributed by atoms with Crippen molar-refractivity contribution in [1.29, 1.82) is 0 Å². The zero-order valence-corrected chi connectivity index (χ0v) is 11.7. The molecule has 0 N–H and O–H groups in total. The Hall–Kier alpha value is -0.672. The molecule has 0 aromatic heterocycles. The first-order valence-electron chi connectivity index (χ1n) is 4.57. The molecule has 0 fully saturated rings. The molecule has 0 spiro atoms. The van der Waals surface area contributed by atoms with E-state index in [0.717, 1.165) is 0 Å². The average Bonchev–Trinajstić information content (AvgIpc) is 2.32. The Balaban J connectivity index is 0.000000336. The second kappa shape index (κ2) is 6.03. The minimum absolute atomic E-state index is 0.189. The maximum atomic E-state index is 9.08. The Morgan fingerprint density at radius 2 is 1.60 bits per heavy atom. The van der Waals surface area contributed by atoms with Crippen LogP contribution in [-0.4, -0.2) is 8.53 Å². The summed E-state index contributed by atoms with van der Waals surface area (Å²) >= 11 is -1.12. The number of carbonyl (C=O) groups excluding carboxylic acids is 2. The van der Waals surface area contributed by atoms with Gasteiger partial charge in [-0.25, -0.2) is 5.57 Å². The SMILES string of the molecule is CC1=[C-]C(C)(C)C(C)=C1C.O=[C]=[Mo]=[C]=O. The Morgan fingerprint density at radius 1 is 1.13 bits per heavy atom. The van der Waals surface area contributed by atoms with E-state index in [9.17, 15) is 0 Å². The molecule has 2 nitrogen and oxygen atoms in total. The molecule has 0 aromatic rings. The second-order valence-electron chi connectivity index (χ2n) is 3.89. The van der Waals surface area contributed by atoms with Crippen molar-refractivity contribution in [3.63, 3.8) is 0 Å². The zero-order valence-electron chi connectivity index (χ0n) is 9.72. The van der Waals surface area contributed by atoms with Crippen molar-refractivity contribution < 1.29 is 27.2 Å². The van der Waals surface area contributed by atoms with Crippen LogP contribution in [0.3, 0.4) is 0 Å². The van der Waals surface area contributed by atoms with Crippen LogP contribution in [0.15, 0.2) is 16.7 Å². The van der Waals surface area contributed by atoms with Gasteiger partial charge in [0, 0.05) is 0 Å². The molecule has 15 heavy (non-hydrogen) atoms. The van der Waals surface area contributed by atoms with Crippen LogP contribution in [0.4, 0.5) is 0 Å². The van der Waals surface area contributed by atoms with Crippen molar-refractivity contribution in [3.05, 3.63) is 22.8 Å². The summed E-state index contributed by atoms with van der Waals surface area (Å²) in [7, 11) is 0. The van der Waals surface area contributed by atoms with Gasteiger partial charge in [-0.1, -0.05) is 33.1 Å². The van der Waals surface area contributed by atoms with Crippen LogP contribution in [0.1, 0.15) is 34.6 Å². The fourth-order valence-electron chi connectivity index (χ4n) is 1.42. The molecule has 0 aromatic carbocycles. The number of rotatable bonds is 0. The molecule has 1 aliphatic carbocycles. The normalized spacial score (nSPS) is 17.0. The van der Waals surface area contributed by atoms with Gasteiger partial charge in [0.1, 0.15) is 0 Å². The van der Waals surface area contributed by atoms with E-state index in [0.29, 0.717) is 0 Å². The Morgan fingerprint density at radius 3 is 1.67 bits per heavy atom. The van der Waals surface area contributed by atoms with Crippen LogP contribution in [0.2, 0.25) is 0 Å². The van der Waals surface area contributed by atoms with Crippen molar-refractivity contribution in [3.8, 4) is 0 Å². The van der Waals surface area contributed by atoms with Crippen LogP contribution in [0.5, 0.6) is 0 Å². The van der Waals surface area contributed by atoms with Crippen molar-refractivity contribution in [2.75, 3.05) is 0 Å². The van der Waals surface area contributed by atoms with Gasteiger partial charge < -0.3 is 0 Å². The summed E-state index contributed by atoms with van der Waals surface area (Å²) in [4.78, 5) is 18.2. The Bertz CT molecular complexity index is 399. The third-order valence-corrected chi connectivity index (χ3v) is 3.06. The first-order valence-corrected chi connectivity index (χ1v) is 6.57. The maximum absolute atomic E-state index is 9.08. The molecular formula is C12H15MoO2-. The third kappa shape index (κ3) is 4.14. The summed E-state index contributed by atoms with van der Waals surface area (Å²) in [6, 6.07) is 0. The molecule has 1 aliphatic rings. The fourth-order valence-corrected chi connectivity index (χ4v) is 1.51. The molecule has 0 saturated heterocycles. The molecule has 0 amide bonds. The topological polar surface area (TPSA) is 34.1 Å². The van der Waals surface area contributed by atoms with Gasteiger partial charge in [0.2, 0.25) is 0 Å². The van der Waals surface area contributed by atoms with E-state index in [-0.39, 0.29) is 5.41 Å². The van der Waals surface area contributed by atoms with E-state index in [1.807, 2.05) is 0 Å². The molecule has 0 aliphatic heterocycles. The van der Waals surface area contributed by atoms with Gasteiger partial charge in [0.15, 0.2) is 0 Å². The molecule has 3 heteroatoms. The van der Waals surface area contributed by atoms with Gasteiger partial charge in [-0.05, 0) is 0 Å². The van der Waals surface area contributed by atoms with Gasteiger partial charge >= 0.3 is 35.8 Å². The molecule has 82 valence electrons. The number of hydrogen-bond acceptors (Lipinski definition) is 2. The quantitative estimate of drug-likeness (QED) is 0.506. The summed E-state index contributed by atoms with van der Waals surface area (Å²) in [5.41, 5.74) is 4.39. The van der Waals surface area contributed by atoms with Gasteiger partial charge in [0.25, 0.3) is 0 Å². The molecule has 0 saturated carbocycles. The van der Waals surface area contributed by atoms with Crippen molar-refractivity contribution in [2.45, 2.75) is 34.6 Å². The predicted octanol–water partition coefficient (Wildman–Crippen LogP) is 2.32. The van der Waals surface area contributed by atoms with Crippen LogP contribution < -0.4 is 0 Å². The van der Waals surface area contributed by atoms with E-state index in [4.69, 9.17) is 9.59 Å². The Kier molecular flexibility index (Phi) is 5.76. The first-order chi connectivity index (χ1) is 6.86. The van der Waals surface area contributed by atoms with Gasteiger partial charge in [-0.3, -0.25) is 6.08 Å². The molecule has 0 unspecified atom stereocenters. The minimum atomic E-state index is -1.12. The summed E-state index contributed by atoms with van der Waals surface area (Å²) in [6.07, 6.45) is 3.44. The number of hydrogen-bond donors (Lipinski definition) is 0. The van der Waals surface area contributed by atoms with Gasteiger partial charge in [-0.2, -0.15) is 11.1 Å². The monoisotopic (exact) mass is 289 g/mol. The molecule has 0 heterocycles. The standard InChI is InChI=1S/C10H15.2CO.Mo/c1-7-6-10(4,5)9(3)8(7)2;2*1-2;/h1-5H3;;;/q-1;;;. The van der Waals surface area contributed by atoms with Crippen LogP contribution >= 0.6 is 0 Å². The van der Waals surface area contributed by atoms with Crippen LogP contribution in [-0.2, 0) is 27.2 Å². The molecule has 0 bridgehead atoms. The second-order valence-corrected chi connectivity index (χ2v) is 5.21. The summed E-state index contributed by atoms with van der Waals surface area (Å²) in [6.45, 7) is 10.9. The van der Waals surface area contributed by atoms with Gasteiger partial charge in [0.05, 0.1) is 0 Å². The van der Waals surface area contributed by atoms with Gasteiger partial charge in [-0.15, -0.1) is 6.92 Å². The summed E-state index contributed by atoms with van der Waals surface area (Å²) in [5.74, 6) is 0. The first kappa shape index (κ1) is 14.3. The van der Waals surface area contributed by atoms with E-state index in [1.165, 1.54) is 25.3 Å². The molecule has 1 rings (SSSR count). The van der Waals surface area contributed by atoms with Crippen molar-refractivity contribution in [1.82, 2.24) is 0 Å². The van der Waals surface area contributed by atoms with E-state index in [1.54, 1.807) is 0 Å². The predicted molar refractivity (Wildman–Crippen MR) is 56.0 cm³/mol. The van der Waals surface area contributed by atoms with Crippen LogP contribution in [0.25, 0.3) is 0 Å². The molecule has 0 radical (unpaired) electrons. The third-order valence-electron chi connectivity index (χ3n) is 2.65. The van der Waals surface area contributed by atoms with Crippen molar-refractivity contribution in [2.24, 2.45) is 5.41 Å². The van der Waals surface area contributed by atoms with E-state index in [2.05, 4.69) is 40.7 Å². The fraction of sp³-hybridized carbons (Fsp3) is 0.500. The summed E-state index contributed by atoms with van der Waals surface area (Å²) in [5, 5.41) is 0. The van der Waals surface area contributed by atoms with Crippen LogP contribution in [0, 0.1) is 11.5 Å². The van der Waals surface area contributed by atoms with Crippen molar-refractivity contribution >= 4 is 8.53 Å². The molecular weight excluding hydrogens is 272 g/mol. The molecule has 0 atom stereocenters. The number of allylic oxidation sites excluding steroid dienone is 4. The Labute approximate surface area is 98.6 Å². The van der Waals surface area contributed by atoms with E-state index < -0.39 is 17.6 Å². The van der Waals surface area contributed by atoms with E-state index >= 15 is 0 Å². The zero-order chi connectivity index (χ0) is 12.1. The summed E-state index contributed by atoms with van der Waals surface area (Å²) < 4.78 is 2.95. The average molecular weight is 287 g/mol.